The van der Waals surface area contributed by atoms with Gasteiger partial charge in [0, 0.05) is 37.5 Å². The van der Waals surface area contributed by atoms with Crippen LogP contribution in [0.2, 0.25) is 0 Å². The van der Waals surface area contributed by atoms with Crippen molar-refractivity contribution in [2.45, 2.75) is 13.0 Å². The van der Waals surface area contributed by atoms with Crippen LogP contribution >= 0.6 is 0 Å². The summed E-state index contributed by atoms with van der Waals surface area (Å²) in [6.07, 6.45) is 3.40. The second-order valence-electron chi connectivity index (χ2n) is 7.81. The molecule has 1 aliphatic rings. The Morgan fingerprint density at radius 3 is 2.66 bits per heavy atom. The van der Waals surface area contributed by atoms with Crippen molar-refractivity contribution in [1.29, 1.82) is 0 Å². The second-order valence-corrected chi connectivity index (χ2v) is 7.81. The molecule has 8 heteroatoms. The minimum absolute atomic E-state index is 0.150. The molecule has 4 rings (SSSR count). The summed E-state index contributed by atoms with van der Waals surface area (Å²) >= 11 is 0. The highest BCUT2D eigenvalue weighted by molar-refractivity contribution is 5.94. The van der Waals surface area contributed by atoms with Crippen molar-refractivity contribution in [2.75, 3.05) is 44.0 Å². The first kappa shape index (κ1) is 21.6. The first-order valence-corrected chi connectivity index (χ1v) is 10.5. The van der Waals surface area contributed by atoms with Gasteiger partial charge in [0.05, 0.1) is 31.6 Å². The van der Waals surface area contributed by atoms with Crippen LogP contribution in [0.4, 0.5) is 11.5 Å². The van der Waals surface area contributed by atoms with E-state index in [2.05, 4.69) is 14.9 Å². The number of methoxy groups -OCH3 is 1. The van der Waals surface area contributed by atoms with E-state index in [-0.39, 0.29) is 18.6 Å². The van der Waals surface area contributed by atoms with Gasteiger partial charge in [-0.05, 0) is 24.1 Å². The number of hydrogen-bond donors (Lipinski definition) is 2. The van der Waals surface area contributed by atoms with E-state index in [1.54, 1.807) is 30.5 Å². The number of pyridine rings is 2. The molecule has 1 aliphatic heterocycles. The number of hydrogen-bond acceptors (Lipinski definition) is 7. The van der Waals surface area contributed by atoms with Crippen molar-refractivity contribution in [2.24, 2.45) is 0 Å². The molecule has 0 spiro atoms. The van der Waals surface area contributed by atoms with Crippen LogP contribution in [0.1, 0.15) is 16.1 Å². The third-order valence-corrected chi connectivity index (χ3v) is 5.79. The molecular weight excluding hydrogens is 406 g/mol. The minimum Gasteiger partial charge on any atom is -0.496 e. The molecule has 1 saturated heterocycles. The highest BCUT2D eigenvalue weighted by Crippen LogP contribution is 2.30. The van der Waals surface area contributed by atoms with Crippen molar-refractivity contribution in [3.05, 3.63) is 66.1 Å². The number of piperazine rings is 1. The molecule has 1 unspecified atom stereocenters. The fourth-order valence-electron chi connectivity index (χ4n) is 4.10. The number of nitrogens with zero attached hydrogens (tertiary/aromatic N) is 4. The maximum atomic E-state index is 13.3. The van der Waals surface area contributed by atoms with Gasteiger partial charge in [-0.25, -0.2) is 4.98 Å². The highest BCUT2D eigenvalue weighted by atomic mass is 16.5. The number of nitrogen functional groups attached to an aromatic ring is 1. The Morgan fingerprint density at radius 2 is 1.97 bits per heavy atom. The molecule has 0 radical (unpaired) electrons. The molecular formula is C24H27N5O3. The Balaban J connectivity index is 1.55. The summed E-state index contributed by atoms with van der Waals surface area (Å²) in [5, 5.41) is 10.0. The molecule has 1 amide bonds. The molecule has 1 aromatic carbocycles. The van der Waals surface area contributed by atoms with Crippen LogP contribution in [0.5, 0.6) is 5.75 Å². The first-order chi connectivity index (χ1) is 15.5. The molecule has 8 nitrogen and oxygen atoms in total. The number of carbonyl (C=O) groups excluding carboxylic acids is 1. The molecule has 0 aliphatic carbocycles. The number of ether oxygens (including phenoxy) is 1. The molecule has 1 fully saturated rings. The quantitative estimate of drug-likeness (QED) is 0.636. The fraction of sp³-hybridized carbons (Fsp3) is 0.292. The molecule has 32 heavy (non-hydrogen) atoms. The highest BCUT2D eigenvalue weighted by Gasteiger charge is 2.32. The first-order valence-electron chi connectivity index (χ1n) is 10.5. The van der Waals surface area contributed by atoms with E-state index in [0.29, 0.717) is 36.9 Å². The van der Waals surface area contributed by atoms with Crippen LogP contribution in [-0.2, 0) is 0 Å². The monoisotopic (exact) mass is 433 g/mol. The van der Waals surface area contributed by atoms with Crippen LogP contribution in [-0.4, -0.2) is 65.3 Å². The van der Waals surface area contributed by atoms with E-state index < -0.39 is 0 Å². The van der Waals surface area contributed by atoms with Crippen LogP contribution in [0.15, 0.2) is 54.9 Å². The number of aliphatic hydroxyl groups is 1. The van der Waals surface area contributed by atoms with E-state index in [1.165, 1.54) is 0 Å². The van der Waals surface area contributed by atoms with Crippen LogP contribution in [0.25, 0.3) is 11.1 Å². The normalized spacial score (nSPS) is 16.2. The smallest absolute Gasteiger partial charge is 0.273 e. The van der Waals surface area contributed by atoms with Crippen molar-refractivity contribution in [3.63, 3.8) is 0 Å². The van der Waals surface area contributed by atoms with Gasteiger partial charge >= 0.3 is 0 Å². The predicted molar refractivity (Wildman–Crippen MR) is 124 cm³/mol. The topological polar surface area (TPSA) is 105 Å². The lowest BCUT2D eigenvalue weighted by molar-refractivity contribution is 0.0559. The second kappa shape index (κ2) is 9.23. The van der Waals surface area contributed by atoms with Crippen molar-refractivity contribution < 1.29 is 14.6 Å². The lowest BCUT2D eigenvalue weighted by Gasteiger charge is -2.42. The maximum absolute atomic E-state index is 13.3. The van der Waals surface area contributed by atoms with Gasteiger partial charge in [0.25, 0.3) is 5.91 Å². The van der Waals surface area contributed by atoms with Crippen LogP contribution in [0, 0.1) is 6.92 Å². The third kappa shape index (κ3) is 4.22. The summed E-state index contributed by atoms with van der Waals surface area (Å²) in [5.74, 6) is 0.823. The summed E-state index contributed by atoms with van der Waals surface area (Å²) in [6.45, 7) is 3.40. The van der Waals surface area contributed by atoms with Crippen molar-refractivity contribution >= 4 is 17.4 Å². The molecule has 3 aromatic rings. The van der Waals surface area contributed by atoms with Gasteiger partial charge in [0.2, 0.25) is 0 Å². The van der Waals surface area contributed by atoms with Crippen molar-refractivity contribution in [3.8, 4) is 16.9 Å². The third-order valence-electron chi connectivity index (χ3n) is 5.79. The lowest BCUT2D eigenvalue weighted by Crippen LogP contribution is -2.57. The molecule has 3 heterocycles. The molecule has 2 aromatic heterocycles. The molecule has 0 bridgehead atoms. The fourth-order valence-corrected chi connectivity index (χ4v) is 4.10. The largest absolute Gasteiger partial charge is 0.496 e. The number of aryl methyl sites for hydroxylation is 1. The number of benzene rings is 1. The zero-order valence-corrected chi connectivity index (χ0v) is 18.2. The Kier molecular flexibility index (Phi) is 6.23. The lowest BCUT2D eigenvalue weighted by atomic mass is 10.1. The number of amides is 1. The van der Waals surface area contributed by atoms with Gasteiger partial charge in [-0.15, -0.1) is 0 Å². The molecule has 166 valence electrons. The van der Waals surface area contributed by atoms with Gasteiger partial charge in [-0.2, -0.15) is 0 Å². The molecule has 0 saturated carbocycles. The Hall–Kier alpha value is -3.65. The SMILES string of the molecule is COc1cc(C(=O)N2CCN(c3cnc(N)cc3C)CC2CO)ncc1-c1ccccc1. The predicted octanol–water partition coefficient (Wildman–Crippen LogP) is 2.37. The number of nitrogens with two attached hydrogens (primary N) is 1. The summed E-state index contributed by atoms with van der Waals surface area (Å²) in [5.41, 5.74) is 9.81. The van der Waals surface area contributed by atoms with Gasteiger partial charge in [-0.1, -0.05) is 30.3 Å². The summed E-state index contributed by atoms with van der Waals surface area (Å²) in [6, 6.07) is 12.9. The zero-order chi connectivity index (χ0) is 22.7. The zero-order valence-electron chi connectivity index (χ0n) is 18.2. The van der Waals surface area contributed by atoms with Crippen LogP contribution in [0.3, 0.4) is 0 Å². The Bertz CT molecular complexity index is 1110. The number of aliphatic hydroxyl groups excluding tert-OH is 1. The average molecular weight is 434 g/mol. The number of rotatable bonds is 5. The number of carbonyl (C=O) groups is 1. The van der Waals surface area contributed by atoms with Crippen LogP contribution < -0.4 is 15.4 Å². The average Bonchev–Trinajstić information content (AvgIpc) is 2.83. The molecule has 3 N–H and O–H groups in total. The Morgan fingerprint density at radius 1 is 1.19 bits per heavy atom. The van der Waals surface area contributed by atoms with Crippen molar-refractivity contribution in [1.82, 2.24) is 14.9 Å². The van der Waals surface area contributed by atoms with Gasteiger partial charge in [0.1, 0.15) is 17.3 Å². The van der Waals surface area contributed by atoms with E-state index in [1.807, 2.05) is 43.3 Å². The maximum Gasteiger partial charge on any atom is 0.273 e. The minimum atomic E-state index is -0.366. The Labute approximate surface area is 187 Å². The van der Waals surface area contributed by atoms with Gasteiger partial charge in [0.15, 0.2) is 0 Å². The summed E-state index contributed by atoms with van der Waals surface area (Å²) in [7, 11) is 1.58. The van der Waals surface area contributed by atoms with E-state index in [0.717, 1.165) is 22.4 Å². The van der Waals surface area contributed by atoms with E-state index in [4.69, 9.17) is 10.5 Å². The standard InChI is InChI=1S/C24H27N5O3/c1-16-10-23(25)27-13-21(16)28-8-9-29(18(14-28)15-30)24(31)20-11-22(32-2)19(12-26-20)17-6-4-3-5-7-17/h3-7,10-13,18,30H,8-9,14-15H2,1-2H3,(H2,25,27). The van der Waals surface area contributed by atoms with Gasteiger partial charge in [-0.3, -0.25) is 9.78 Å². The number of aromatic nitrogens is 2. The van der Waals surface area contributed by atoms with E-state index in [9.17, 15) is 9.90 Å². The number of anilines is 2. The van der Waals surface area contributed by atoms with Gasteiger partial charge < -0.3 is 25.4 Å². The molecule has 1 atom stereocenters. The summed E-state index contributed by atoms with van der Waals surface area (Å²) < 4.78 is 5.54. The summed E-state index contributed by atoms with van der Waals surface area (Å²) in [4.78, 5) is 25.7. The van der Waals surface area contributed by atoms with E-state index >= 15 is 0 Å².